The summed E-state index contributed by atoms with van der Waals surface area (Å²) >= 11 is 0. The van der Waals surface area contributed by atoms with E-state index in [4.69, 9.17) is 4.74 Å². The quantitative estimate of drug-likeness (QED) is 0.525. The molecule has 0 aromatic carbocycles. The van der Waals surface area contributed by atoms with E-state index in [1.165, 1.54) is 38.2 Å². The fourth-order valence-electron chi connectivity index (χ4n) is 5.75. The minimum atomic E-state index is -0.170. The fourth-order valence-corrected chi connectivity index (χ4v) is 5.75. The highest BCUT2D eigenvalue weighted by Crippen LogP contribution is 2.77. The Labute approximate surface area is 116 Å². The van der Waals surface area contributed by atoms with Crippen molar-refractivity contribution in [3.63, 3.8) is 0 Å². The fraction of sp³-hybridized carbons (Fsp3) is 0.824. The Hall–Kier alpha value is -0.790. The predicted molar refractivity (Wildman–Crippen MR) is 75.6 cm³/mol. The number of hydrogen-bond donors (Lipinski definition) is 0. The van der Waals surface area contributed by atoms with Gasteiger partial charge < -0.3 is 4.74 Å². The number of rotatable bonds is 1. The van der Waals surface area contributed by atoms with Crippen LogP contribution in [0.1, 0.15) is 59.8 Å². The lowest BCUT2D eigenvalue weighted by Gasteiger charge is -2.46. The van der Waals surface area contributed by atoms with Gasteiger partial charge in [0.15, 0.2) is 0 Å². The molecule has 3 fully saturated rings. The summed E-state index contributed by atoms with van der Waals surface area (Å²) in [5.41, 5.74) is 2.21. The second kappa shape index (κ2) is 3.65. The third-order valence-corrected chi connectivity index (χ3v) is 7.19. The zero-order valence-corrected chi connectivity index (χ0v) is 12.7. The van der Waals surface area contributed by atoms with Crippen LogP contribution in [0.5, 0.6) is 0 Å². The van der Waals surface area contributed by atoms with Crippen LogP contribution in [0.15, 0.2) is 12.2 Å². The molecular weight excluding hydrogens is 236 g/mol. The third kappa shape index (κ3) is 1.41. The molecule has 0 spiro atoms. The molecule has 0 heterocycles. The smallest absolute Gasteiger partial charge is 0.303 e. The van der Waals surface area contributed by atoms with Gasteiger partial charge in [0.2, 0.25) is 0 Å². The van der Waals surface area contributed by atoms with E-state index in [0.29, 0.717) is 22.2 Å². The molecule has 2 bridgehead atoms. The van der Waals surface area contributed by atoms with E-state index in [1.807, 2.05) is 0 Å². The van der Waals surface area contributed by atoms with E-state index in [0.717, 1.165) is 6.42 Å². The van der Waals surface area contributed by atoms with Gasteiger partial charge in [-0.1, -0.05) is 33.8 Å². The molecule has 3 aliphatic rings. The summed E-state index contributed by atoms with van der Waals surface area (Å²) in [7, 11) is 0. The van der Waals surface area contributed by atoms with Crippen molar-refractivity contribution in [1.29, 1.82) is 0 Å². The summed E-state index contributed by atoms with van der Waals surface area (Å²) in [4.78, 5) is 11.3. The summed E-state index contributed by atoms with van der Waals surface area (Å²) in [5.74, 6) is 0.361. The lowest BCUT2D eigenvalue weighted by Crippen LogP contribution is -2.40. The van der Waals surface area contributed by atoms with Crippen LogP contribution in [-0.4, -0.2) is 12.1 Å². The van der Waals surface area contributed by atoms with Crippen LogP contribution < -0.4 is 0 Å². The van der Waals surface area contributed by atoms with Crippen molar-refractivity contribution in [1.82, 2.24) is 0 Å². The maximum absolute atomic E-state index is 11.3. The van der Waals surface area contributed by atoms with Crippen LogP contribution in [0, 0.1) is 22.2 Å². The molecule has 3 rings (SSSR count). The second-order valence-corrected chi connectivity index (χ2v) is 7.80. The first-order valence-corrected chi connectivity index (χ1v) is 7.59. The van der Waals surface area contributed by atoms with Crippen LogP contribution in [0.3, 0.4) is 0 Å². The SMILES string of the molecule is C=C1C2C[C@@](C)(C[C@H]1OC(C)=O)[C@@]1(C)CCC[C@@]21C. The van der Waals surface area contributed by atoms with Crippen LogP contribution in [-0.2, 0) is 9.53 Å². The molecule has 0 aromatic heterocycles. The lowest BCUT2D eigenvalue weighted by molar-refractivity contribution is -0.147. The van der Waals surface area contributed by atoms with Crippen LogP contribution in [0.2, 0.25) is 0 Å². The molecule has 0 radical (unpaired) electrons. The van der Waals surface area contributed by atoms with Gasteiger partial charge in [0.1, 0.15) is 6.10 Å². The van der Waals surface area contributed by atoms with Gasteiger partial charge in [-0.05, 0) is 53.4 Å². The molecule has 106 valence electrons. The highest BCUT2D eigenvalue weighted by molar-refractivity contribution is 5.66. The van der Waals surface area contributed by atoms with E-state index >= 15 is 0 Å². The normalized spacial score (nSPS) is 52.1. The molecule has 0 aromatic rings. The molecule has 2 heteroatoms. The Morgan fingerprint density at radius 2 is 1.95 bits per heavy atom. The highest BCUT2D eigenvalue weighted by Gasteiger charge is 2.70. The Kier molecular flexibility index (Phi) is 2.54. The monoisotopic (exact) mass is 262 g/mol. The van der Waals surface area contributed by atoms with Gasteiger partial charge in [-0.15, -0.1) is 0 Å². The average molecular weight is 262 g/mol. The topological polar surface area (TPSA) is 26.3 Å². The molecule has 3 saturated carbocycles. The Bertz CT molecular complexity index is 454. The standard InChI is InChI=1S/C17H26O2/c1-11-13-9-15(3,10-14(11)19-12(2)18)17(5)8-6-7-16(13,17)4/h13-14H,1,6-10H2,2-5H3/t13?,14-,15+,16+,17-/m1/s1. The number of carbonyl (C=O) groups is 1. The van der Waals surface area contributed by atoms with Crippen molar-refractivity contribution in [2.24, 2.45) is 22.2 Å². The van der Waals surface area contributed by atoms with E-state index in [1.54, 1.807) is 0 Å². The van der Waals surface area contributed by atoms with Gasteiger partial charge in [-0.3, -0.25) is 4.79 Å². The summed E-state index contributed by atoms with van der Waals surface area (Å²) < 4.78 is 5.57. The molecule has 0 amide bonds. The van der Waals surface area contributed by atoms with Crippen LogP contribution >= 0.6 is 0 Å². The van der Waals surface area contributed by atoms with Crippen molar-refractivity contribution in [3.8, 4) is 0 Å². The number of fused-ring (bicyclic) bond motifs is 5. The maximum atomic E-state index is 11.3. The molecule has 0 saturated heterocycles. The van der Waals surface area contributed by atoms with Crippen molar-refractivity contribution >= 4 is 5.97 Å². The molecular formula is C17H26O2. The number of esters is 1. The molecule has 1 unspecified atom stereocenters. The lowest BCUT2D eigenvalue weighted by atomic mass is 9.59. The van der Waals surface area contributed by atoms with Crippen LogP contribution in [0.25, 0.3) is 0 Å². The van der Waals surface area contributed by atoms with Gasteiger partial charge in [0.05, 0.1) is 0 Å². The van der Waals surface area contributed by atoms with Crippen molar-refractivity contribution < 1.29 is 9.53 Å². The zero-order valence-electron chi connectivity index (χ0n) is 12.7. The summed E-state index contributed by atoms with van der Waals surface area (Å²) in [6.45, 7) is 13.2. The summed E-state index contributed by atoms with van der Waals surface area (Å²) in [6, 6.07) is 0. The maximum Gasteiger partial charge on any atom is 0.303 e. The third-order valence-electron chi connectivity index (χ3n) is 7.19. The predicted octanol–water partition coefficient (Wildman–Crippen LogP) is 4.10. The first kappa shape index (κ1) is 13.2. The first-order valence-electron chi connectivity index (χ1n) is 7.59. The number of hydrogen-bond acceptors (Lipinski definition) is 2. The molecule has 2 nitrogen and oxygen atoms in total. The molecule has 5 atom stereocenters. The van der Waals surface area contributed by atoms with Crippen molar-refractivity contribution in [2.75, 3.05) is 0 Å². The highest BCUT2D eigenvalue weighted by atomic mass is 16.5. The van der Waals surface area contributed by atoms with E-state index in [-0.39, 0.29) is 12.1 Å². The van der Waals surface area contributed by atoms with Crippen LogP contribution in [0.4, 0.5) is 0 Å². The van der Waals surface area contributed by atoms with E-state index in [9.17, 15) is 4.79 Å². The zero-order chi connectivity index (χ0) is 14.1. The number of carbonyl (C=O) groups excluding carboxylic acids is 1. The van der Waals surface area contributed by atoms with Gasteiger partial charge in [-0.2, -0.15) is 0 Å². The number of ether oxygens (including phenoxy) is 1. The largest absolute Gasteiger partial charge is 0.458 e. The Morgan fingerprint density at radius 1 is 1.26 bits per heavy atom. The average Bonchev–Trinajstić information content (AvgIpc) is 2.67. The second-order valence-electron chi connectivity index (χ2n) is 7.80. The van der Waals surface area contributed by atoms with Gasteiger partial charge in [0.25, 0.3) is 0 Å². The molecule has 0 aliphatic heterocycles. The van der Waals surface area contributed by atoms with Gasteiger partial charge in [0, 0.05) is 6.92 Å². The van der Waals surface area contributed by atoms with E-state index in [2.05, 4.69) is 27.4 Å². The Morgan fingerprint density at radius 3 is 2.58 bits per heavy atom. The minimum absolute atomic E-state index is 0.0551. The first-order chi connectivity index (χ1) is 8.73. The van der Waals surface area contributed by atoms with Crippen molar-refractivity contribution in [3.05, 3.63) is 12.2 Å². The molecule has 3 aliphatic carbocycles. The van der Waals surface area contributed by atoms with Gasteiger partial charge >= 0.3 is 5.97 Å². The minimum Gasteiger partial charge on any atom is -0.458 e. The van der Waals surface area contributed by atoms with E-state index < -0.39 is 0 Å². The Balaban J connectivity index is 2.02. The van der Waals surface area contributed by atoms with Gasteiger partial charge in [-0.25, -0.2) is 0 Å². The van der Waals surface area contributed by atoms with Crippen molar-refractivity contribution in [2.45, 2.75) is 65.9 Å². The summed E-state index contributed by atoms with van der Waals surface area (Å²) in [5, 5.41) is 0. The summed E-state index contributed by atoms with van der Waals surface area (Å²) in [6.07, 6.45) is 6.10. The molecule has 19 heavy (non-hydrogen) atoms. The molecule has 0 N–H and O–H groups in total.